The van der Waals surface area contributed by atoms with Crippen LogP contribution in [0.3, 0.4) is 0 Å². The van der Waals surface area contributed by atoms with Gasteiger partial charge in [-0.05, 0) is 66.1 Å². The lowest BCUT2D eigenvalue weighted by Crippen LogP contribution is -2.61. The third-order valence-electron chi connectivity index (χ3n) is 6.94. The number of halogens is 7. The highest BCUT2D eigenvalue weighted by atomic mass is 19.4. The molecule has 2 aromatic carbocycles. The minimum absolute atomic E-state index is 0.199. The topological polar surface area (TPSA) is 49.8 Å². The summed E-state index contributed by atoms with van der Waals surface area (Å²) in [5.74, 6) is -1.11. The second kappa shape index (κ2) is 9.81. The van der Waals surface area contributed by atoms with Crippen LogP contribution in [0.1, 0.15) is 47.9 Å². The van der Waals surface area contributed by atoms with Crippen molar-refractivity contribution >= 4 is 5.97 Å². The van der Waals surface area contributed by atoms with Crippen LogP contribution in [-0.4, -0.2) is 41.3 Å². The van der Waals surface area contributed by atoms with Crippen molar-refractivity contribution in [1.82, 2.24) is 4.90 Å². The Bertz CT molecular complexity index is 1140. The Labute approximate surface area is 209 Å². The fourth-order valence-corrected chi connectivity index (χ4v) is 4.98. The number of carboxylic acids is 1. The van der Waals surface area contributed by atoms with E-state index in [2.05, 4.69) is 0 Å². The summed E-state index contributed by atoms with van der Waals surface area (Å²) < 4.78 is 99.8. The first kappa shape index (κ1) is 27.2. The van der Waals surface area contributed by atoms with Crippen molar-refractivity contribution in [3.8, 4) is 5.75 Å². The minimum atomic E-state index is -4.85. The van der Waals surface area contributed by atoms with E-state index in [1.54, 1.807) is 31.2 Å². The molecule has 1 aliphatic heterocycles. The van der Waals surface area contributed by atoms with Gasteiger partial charge in [0.15, 0.2) is 5.67 Å². The maximum absolute atomic E-state index is 15.1. The maximum Gasteiger partial charge on any atom is 0.416 e. The molecule has 1 heterocycles. The fourth-order valence-electron chi connectivity index (χ4n) is 4.98. The van der Waals surface area contributed by atoms with Crippen LogP contribution < -0.4 is 4.74 Å². The van der Waals surface area contributed by atoms with Crippen molar-refractivity contribution in [2.24, 2.45) is 11.8 Å². The molecule has 0 spiro atoms. The van der Waals surface area contributed by atoms with Gasteiger partial charge < -0.3 is 9.84 Å². The molecule has 0 radical (unpaired) electrons. The van der Waals surface area contributed by atoms with E-state index >= 15 is 4.39 Å². The molecule has 11 heteroatoms. The average molecular weight is 533 g/mol. The highest BCUT2D eigenvalue weighted by Crippen LogP contribution is 2.47. The summed E-state index contributed by atoms with van der Waals surface area (Å²) in [5.41, 5.74) is -4.07. The van der Waals surface area contributed by atoms with Gasteiger partial charge in [0.05, 0.1) is 17.0 Å². The molecule has 2 aromatic rings. The van der Waals surface area contributed by atoms with Crippen molar-refractivity contribution in [3.63, 3.8) is 0 Å². The Morgan fingerprint density at radius 1 is 1.08 bits per heavy atom. The van der Waals surface area contributed by atoms with Crippen LogP contribution in [0.5, 0.6) is 5.75 Å². The van der Waals surface area contributed by atoms with E-state index in [0.717, 1.165) is 18.4 Å². The van der Waals surface area contributed by atoms with E-state index in [9.17, 15) is 36.2 Å². The lowest BCUT2D eigenvalue weighted by molar-refractivity contribution is -0.142. The standard InChI is InChI=1S/C26H26F7NO3/c1-15(23(35)36)22(16-5-6-16)17-3-2-4-20(10-17)37-14-24(27)12-34(13-24)11-18-9-19(25(28,29)30)7-8-21(18)26(31,32)33/h2-4,7-10,15-16,22H,5-6,11-14H2,1H3,(H,35,36)/t15-,22-/m0/s1. The summed E-state index contributed by atoms with van der Waals surface area (Å²) in [6.45, 7) is 0.148. The van der Waals surface area contributed by atoms with Crippen LogP contribution in [0.2, 0.25) is 0 Å². The van der Waals surface area contributed by atoms with Crippen LogP contribution in [0.4, 0.5) is 30.7 Å². The molecule has 202 valence electrons. The Hall–Kier alpha value is -2.82. The number of ether oxygens (including phenoxy) is 1. The summed E-state index contributed by atoms with van der Waals surface area (Å²) in [4.78, 5) is 12.8. The molecule has 4 nitrogen and oxygen atoms in total. The zero-order valence-electron chi connectivity index (χ0n) is 19.9. The quantitative estimate of drug-likeness (QED) is 0.372. The predicted molar refractivity (Wildman–Crippen MR) is 120 cm³/mol. The van der Waals surface area contributed by atoms with Crippen molar-refractivity contribution in [1.29, 1.82) is 0 Å². The Kier molecular flexibility index (Phi) is 7.22. The number of alkyl halides is 7. The van der Waals surface area contributed by atoms with Crippen molar-refractivity contribution in [2.45, 2.75) is 50.2 Å². The SMILES string of the molecule is C[C@H](C(=O)O)[C@H](c1cccc(OCC2(F)CN(Cc3cc(C(F)(F)F)ccc3C(F)(F)F)C2)c1)C1CC1. The zero-order chi connectivity index (χ0) is 27.2. The molecule has 1 saturated heterocycles. The van der Waals surface area contributed by atoms with Gasteiger partial charge in [-0.25, -0.2) is 4.39 Å². The number of nitrogens with zero attached hydrogens (tertiary/aromatic N) is 1. The molecule has 4 rings (SSSR count). The summed E-state index contributed by atoms with van der Waals surface area (Å²) in [6.07, 6.45) is -7.79. The van der Waals surface area contributed by atoms with Crippen molar-refractivity contribution in [3.05, 3.63) is 64.7 Å². The van der Waals surface area contributed by atoms with Crippen LogP contribution in [0.15, 0.2) is 42.5 Å². The number of carboxylic acid groups (broad SMARTS) is 1. The molecule has 0 aromatic heterocycles. The first-order valence-corrected chi connectivity index (χ1v) is 11.8. The predicted octanol–water partition coefficient (Wildman–Crippen LogP) is 6.54. The number of likely N-dealkylation sites (tertiary alicyclic amines) is 1. The summed E-state index contributed by atoms with van der Waals surface area (Å²) >= 11 is 0. The highest BCUT2D eigenvalue weighted by Gasteiger charge is 2.46. The highest BCUT2D eigenvalue weighted by molar-refractivity contribution is 5.71. The van der Waals surface area contributed by atoms with E-state index < -0.39 is 59.8 Å². The first-order chi connectivity index (χ1) is 17.2. The normalized spacial score (nSPS) is 19.7. The molecular formula is C26H26F7NO3. The van der Waals surface area contributed by atoms with Crippen molar-refractivity contribution < 1.29 is 45.4 Å². The number of hydrogen-bond acceptors (Lipinski definition) is 3. The van der Waals surface area contributed by atoms with E-state index in [-0.39, 0.29) is 24.9 Å². The Morgan fingerprint density at radius 2 is 1.76 bits per heavy atom. The number of hydrogen-bond donors (Lipinski definition) is 1. The van der Waals surface area contributed by atoms with Crippen LogP contribution >= 0.6 is 0 Å². The van der Waals surface area contributed by atoms with Gasteiger partial charge in [-0.1, -0.05) is 19.1 Å². The van der Waals surface area contributed by atoms with E-state index in [1.807, 2.05) is 0 Å². The second-order valence-electron chi connectivity index (χ2n) is 10.0. The molecule has 2 atom stereocenters. The van der Waals surface area contributed by atoms with E-state index in [0.29, 0.717) is 23.9 Å². The largest absolute Gasteiger partial charge is 0.490 e. The van der Waals surface area contributed by atoms with Gasteiger partial charge in [0.2, 0.25) is 0 Å². The molecule has 0 bridgehead atoms. The number of rotatable bonds is 9. The Morgan fingerprint density at radius 3 is 2.32 bits per heavy atom. The summed E-state index contributed by atoms with van der Waals surface area (Å²) in [5, 5.41) is 9.45. The van der Waals surface area contributed by atoms with Gasteiger partial charge in [0.25, 0.3) is 0 Å². The van der Waals surface area contributed by atoms with Gasteiger partial charge in [0, 0.05) is 19.6 Å². The van der Waals surface area contributed by atoms with Gasteiger partial charge in [0.1, 0.15) is 12.4 Å². The molecule has 2 fully saturated rings. The molecule has 1 saturated carbocycles. The number of carbonyl (C=O) groups is 1. The molecule has 37 heavy (non-hydrogen) atoms. The smallest absolute Gasteiger partial charge is 0.416 e. The monoisotopic (exact) mass is 533 g/mol. The van der Waals surface area contributed by atoms with Gasteiger partial charge >= 0.3 is 18.3 Å². The van der Waals surface area contributed by atoms with Gasteiger partial charge in [-0.15, -0.1) is 0 Å². The molecule has 1 N–H and O–H groups in total. The van der Waals surface area contributed by atoms with Crippen LogP contribution in [-0.2, 0) is 23.7 Å². The van der Waals surface area contributed by atoms with E-state index in [1.165, 1.54) is 4.90 Å². The fraction of sp³-hybridized carbons (Fsp3) is 0.500. The molecule has 0 unspecified atom stereocenters. The van der Waals surface area contributed by atoms with Crippen LogP contribution in [0, 0.1) is 11.8 Å². The zero-order valence-corrected chi connectivity index (χ0v) is 19.9. The second-order valence-corrected chi connectivity index (χ2v) is 10.0. The molecule has 0 amide bonds. The minimum Gasteiger partial charge on any atom is -0.490 e. The number of benzene rings is 2. The Balaban J connectivity index is 1.39. The van der Waals surface area contributed by atoms with Gasteiger partial charge in [-0.2, -0.15) is 26.3 Å². The third-order valence-corrected chi connectivity index (χ3v) is 6.94. The average Bonchev–Trinajstić information content (AvgIpc) is 3.61. The lowest BCUT2D eigenvalue weighted by atomic mass is 9.83. The first-order valence-electron chi connectivity index (χ1n) is 11.8. The van der Waals surface area contributed by atoms with E-state index in [4.69, 9.17) is 4.74 Å². The third kappa shape index (κ3) is 6.37. The molecule has 1 aliphatic carbocycles. The van der Waals surface area contributed by atoms with Gasteiger partial charge in [-0.3, -0.25) is 9.69 Å². The van der Waals surface area contributed by atoms with Crippen LogP contribution in [0.25, 0.3) is 0 Å². The molecule has 2 aliphatic rings. The lowest BCUT2D eigenvalue weighted by Gasteiger charge is -2.44. The maximum atomic E-state index is 15.1. The molecular weight excluding hydrogens is 507 g/mol. The summed E-state index contributed by atoms with van der Waals surface area (Å²) in [7, 11) is 0. The van der Waals surface area contributed by atoms with Crippen molar-refractivity contribution in [2.75, 3.05) is 19.7 Å². The number of aliphatic carboxylic acids is 1. The summed E-state index contributed by atoms with van der Waals surface area (Å²) in [6, 6.07) is 8.03.